The quantitative estimate of drug-likeness (QED) is 0.500. The monoisotopic (exact) mass is 359 g/mol. The molecule has 0 atom stereocenters. The summed E-state index contributed by atoms with van der Waals surface area (Å²) in [5.74, 6) is -1.04. The Kier molecular flexibility index (Phi) is 7.86. The Morgan fingerprint density at radius 1 is 1.08 bits per heavy atom. The Morgan fingerprint density at radius 2 is 1.85 bits per heavy atom. The molecule has 26 heavy (non-hydrogen) atoms. The standard InChI is InChI=1S/C20H25NO5/c1-16(15-19(23)25-13-10-17-7-3-2-4-8-17)20(24)26-14-12-21-11-6-5-9-18(21)22/h2-4,7-8H,1,5-6,9-15H2. The van der Waals surface area contributed by atoms with Gasteiger partial charge in [-0.1, -0.05) is 36.9 Å². The summed E-state index contributed by atoms with van der Waals surface area (Å²) in [6, 6.07) is 9.68. The van der Waals surface area contributed by atoms with Crippen LogP contribution in [0, 0.1) is 0 Å². The highest BCUT2D eigenvalue weighted by Crippen LogP contribution is 2.10. The molecule has 6 nitrogen and oxygen atoms in total. The molecule has 0 saturated carbocycles. The van der Waals surface area contributed by atoms with E-state index in [1.165, 1.54) is 0 Å². The van der Waals surface area contributed by atoms with Gasteiger partial charge in [0.1, 0.15) is 6.61 Å². The van der Waals surface area contributed by atoms with E-state index in [0.717, 1.165) is 18.4 Å². The van der Waals surface area contributed by atoms with Crippen molar-refractivity contribution in [3.8, 4) is 0 Å². The fourth-order valence-corrected chi connectivity index (χ4v) is 2.67. The maximum absolute atomic E-state index is 11.9. The van der Waals surface area contributed by atoms with Crippen LogP contribution in [0.15, 0.2) is 42.5 Å². The van der Waals surface area contributed by atoms with Crippen LogP contribution in [0.25, 0.3) is 0 Å². The van der Waals surface area contributed by atoms with Crippen LogP contribution in [0.4, 0.5) is 0 Å². The molecule has 140 valence electrons. The van der Waals surface area contributed by atoms with Crippen LogP contribution >= 0.6 is 0 Å². The molecular weight excluding hydrogens is 334 g/mol. The van der Waals surface area contributed by atoms with Gasteiger partial charge in [-0.2, -0.15) is 0 Å². The van der Waals surface area contributed by atoms with Crippen molar-refractivity contribution < 1.29 is 23.9 Å². The summed E-state index contributed by atoms with van der Waals surface area (Å²) in [7, 11) is 0. The van der Waals surface area contributed by atoms with Gasteiger partial charge < -0.3 is 14.4 Å². The van der Waals surface area contributed by atoms with Crippen molar-refractivity contribution in [2.45, 2.75) is 32.1 Å². The third kappa shape index (κ3) is 6.70. The number of benzene rings is 1. The van der Waals surface area contributed by atoms with Gasteiger partial charge in [0, 0.05) is 25.0 Å². The molecule has 6 heteroatoms. The number of rotatable bonds is 9. The third-order valence-corrected chi connectivity index (χ3v) is 4.16. The van der Waals surface area contributed by atoms with Crippen LogP contribution in [0.5, 0.6) is 0 Å². The summed E-state index contributed by atoms with van der Waals surface area (Å²) in [4.78, 5) is 37.0. The van der Waals surface area contributed by atoms with Crippen molar-refractivity contribution in [1.82, 2.24) is 4.90 Å². The first-order valence-electron chi connectivity index (χ1n) is 8.88. The van der Waals surface area contributed by atoms with Gasteiger partial charge >= 0.3 is 11.9 Å². The Bertz CT molecular complexity index is 641. The largest absolute Gasteiger partial charge is 0.465 e. The lowest BCUT2D eigenvalue weighted by molar-refractivity contribution is -0.146. The second-order valence-electron chi connectivity index (χ2n) is 6.21. The fourth-order valence-electron chi connectivity index (χ4n) is 2.67. The summed E-state index contributed by atoms with van der Waals surface area (Å²) in [5, 5.41) is 0. The number of carbonyl (C=O) groups excluding carboxylic acids is 3. The summed E-state index contributed by atoms with van der Waals surface area (Å²) < 4.78 is 10.2. The summed E-state index contributed by atoms with van der Waals surface area (Å²) >= 11 is 0. The van der Waals surface area contributed by atoms with Gasteiger partial charge in [-0.3, -0.25) is 9.59 Å². The van der Waals surface area contributed by atoms with E-state index in [1.807, 2.05) is 30.3 Å². The molecule has 1 fully saturated rings. The highest BCUT2D eigenvalue weighted by molar-refractivity contribution is 5.93. The van der Waals surface area contributed by atoms with E-state index in [9.17, 15) is 14.4 Å². The number of hydrogen-bond donors (Lipinski definition) is 0. The predicted octanol–water partition coefficient (Wildman–Crippen LogP) is 2.27. The molecule has 0 spiro atoms. The smallest absolute Gasteiger partial charge is 0.334 e. The summed E-state index contributed by atoms with van der Waals surface area (Å²) in [6.07, 6.45) is 2.86. The molecule has 0 aromatic heterocycles. The first kappa shape index (κ1) is 19.7. The number of carbonyl (C=O) groups is 3. The maximum Gasteiger partial charge on any atom is 0.334 e. The summed E-state index contributed by atoms with van der Waals surface area (Å²) in [6.45, 7) is 5.02. The van der Waals surface area contributed by atoms with Crippen molar-refractivity contribution in [1.29, 1.82) is 0 Å². The van der Waals surface area contributed by atoms with Crippen molar-refractivity contribution in [2.24, 2.45) is 0 Å². The zero-order valence-corrected chi connectivity index (χ0v) is 14.9. The Hall–Kier alpha value is -2.63. The lowest BCUT2D eigenvalue weighted by atomic mass is 10.1. The van der Waals surface area contributed by atoms with Crippen LogP contribution in [0.3, 0.4) is 0 Å². The van der Waals surface area contributed by atoms with E-state index in [4.69, 9.17) is 9.47 Å². The molecule has 1 amide bonds. The topological polar surface area (TPSA) is 72.9 Å². The Balaban J connectivity index is 1.60. The van der Waals surface area contributed by atoms with E-state index >= 15 is 0 Å². The van der Waals surface area contributed by atoms with Gasteiger partial charge in [0.05, 0.1) is 19.6 Å². The Morgan fingerprint density at radius 3 is 2.58 bits per heavy atom. The van der Waals surface area contributed by atoms with Crippen LogP contribution in [0.1, 0.15) is 31.2 Å². The molecule has 0 N–H and O–H groups in total. The zero-order valence-electron chi connectivity index (χ0n) is 14.9. The van der Waals surface area contributed by atoms with Gasteiger partial charge in [-0.15, -0.1) is 0 Å². The third-order valence-electron chi connectivity index (χ3n) is 4.16. The predicted molar refractivity (Wildman–Crippen MR) is 96.3 cm³/mol. The lowest BCUT2D eigenvalue weighted by Crippen LogP contribution is -2.38. The minimum Gasteiger partial charge on any atom is -0.465 e. The van der Waals surface area contributed by atoms with E-state index in [1.54, 1.807) is 4.90 Å². The number of esters is 2. The van der Waals surface area contributed by atoms with Crippen molar-refractivity contribution >= 4 is 17.8 Å². The van der Waals surface area contributed by atoms with Crippen LogP contribution in [0.2, 0.25) is 0 Å². The summed E-state index contributed by atoms with van der Waals surface area (Å²) in [5.41, 5.74) is 1.13. The number of ether oxygens (including phenoxy) is 2. The molecule has 0 unspecified atom stereocenters. The van der Waals surface area contributed by atoms with E-state index in [-0.39, 0.29) is 31.1 Å². The fraction of sp³-hybridized carbons (Fsp3) is 0.450. The minimum absolute atomic E-state index is 0.0553. The van der Waals surface area contributed by atoms with Gasteiger partial charge in [0.2, 0.25) is 5.91 Å². The SMILES string of the molecule is C=C(CC(=O)OCCc1ccccc1)C(=O)OCCN1CCCCC1=O. The second-order valence-corrected chi connectivity index (χ2v) is 6.21. The molecule has 0 bridgehead atoms. The normalized spacial score (nSPS) is 14.0. The number of piperidine rings is 1. The zero-order chi connectivity index (χ0) is 18.8. The van der Waals surface area contributed by atoms with Crippen LogP contribution < -0.4 is 0 Å². The van der Waals surface area contributed by atoms with Crippen molar-refractivity contribution in [2.75, 3.05) is 26.3 Å². The number of nitrogens with zero attached hydrogens (tertiary/aromatic N) is 1. The Labute approximate surface area is 153 Å². The maximum atomic E-state index is 11.9. The molecule has 1 saturated heterocycles. The molecule has 0 radical (unpaired) electrons. The highest BCUT2D eigenvalue weighted by Gasteiger charge is 2.19. The molecule has 1 heterocycles. The molecule has 2 rings (SSSR count). The van der Waals surface area contributed by atoms with E-state index in [2.05, 4.69) is 6.58 Å². The van der Waals surface area contributed by atoms with Crippen LogP contribution in [-0.4, -0.2) is 49.0 Å². The van der Waals surface area contributed by atoms with Crippen molar-refractivity contribution in [3.05, 3.63) is 48.0 Å². The molecular formula is C20H25NO5. The van der Waals surface area contributed by atoms with Gasteiger partial charge in [0.25, 0.3) is 0 Å². The van der Waals surface area contributed by atoms with E-state index in [0.29, 0.717) is 25.9 Å². The average molecular weight is 359 g/mol. The number of likely N-dealkylation sites (tertiary alicyclic amines) is 1. The lowest BCUT2D eigenvalue weighted by Gasteiger charge is -2.26. The van der Waals surface area contributed by atoms with Crippen molar-refractivity contribution in [3.63, 3.8) is 0 Å². The van der Waals surface area contributed by atoms with E-state index < -0.39 is 11.9 Å². The first-order valence-corrected chi connectivity index (χ1v) is 8.88. The minimum atomic E-state index is -0.630. The molecule has 0 aliphatic carbocycles. The molecule has 1 aliphatic rings. The van der Waals surface area contributed by atoms with Crippen LogP contribution in [-0.2, 0) is 30.3 Å². The molecule has 1 aromatic rings. The van der Waals surface area contributed by atoms with Gasteiger partial charge in [-0.05, 0) is 18.4 Å². The van der Waals surface area contributed by atoms with Gasteiger partial charge in [-0.25, -0.2) is 4.79 Å². The number of amides is 1. The second kappa shape index (κ2) is 10.4. The first-order chi connectivity index (χ1) is 12.6. The molecule has 1 aliphatic heterocycles. The van der Waals surface area contributed by atoms with Gasteiger partial charge in [0.15, 0.2) is 0 Å². The number of hydrogen-bond acceptors (Lipinski definition) is 5. The average Bonchev–Trinajstić information content (AvgIpc) is 2.64. The molecule has 1 aromatic carbocycles. The highest BCUT2D eigenvalue weighted by atomic mass is 16.5.